The molecule has 1 aliphatic heterocycles. The predicted molar refractivity (Wildman–Crippen MR) is 45.4 cm³/mol. The smallest absolute Gasteiger partial charge is 0.151 e. The molecule has 1 saturated heterocycles. The number of hydrogen-bond donors (Lipinski definition) is 1. The SMILES string of the molecule is CCCN[C@H]1CCS(=O)(=O)C1. The zero-order valence-corrected chi connectivity index (χ0v) is 7.65. The van der Waals surface area contributed by atoms with Crippen LogP contribution >= 0.6 is 0 Å². The first-order valence-corrected chi connectivity index (χ1v) is 5.90. The molecule has 1 fully saturated rings. The molecule has 0 aromatic heterocycles. The summed E-state index contributed by atoms with van der Waals surface area (Å²) in [5.41, 5.74) is 0. The van der Waals surface area contributed by atoms with Gasteiger partial charge >= 0.3 is 0 Å². The monoisotopic (exact) mass is 177 g/mol. The molecule has 1 heterocycles. The van der Waals surface area contributed by atoms with Crippen LogP contribution in [0.5, 0.6) is 0 Å². The van der Waals surface area contributed by atoms with E-state index in [0.717, 1.165) is 19.4 Å². The van der Waals surface area contributed by atoms with Gasteiger partial charge in [0, 0.05) is 6.04 Å². The molecule has 1 atom stereocenters. The lowest BCUT2D eigenvalue weighted by molar-refractivity contribution is 0.552. The standard InChI is InChI=1S/C7H15NO2S/c1-2-4-8-7-3-5-11(9,10)6-7/h7-8H,2-6H2,1H3/t7-/m0/s1. The van der Waals surface area contributed by atoms with E-state index in [4.69, 9.17) is 0 Å². The minimum atomic E-state index is -2.69. The normalized spacial score (nSPS) is 29.0. The molecular formula is C7H15NO2S. The molecule has 66 valence electrons. The first-order valence-electron chi connectivity index (χ1n) is 4.08. The van der Waals surface area contributed by atoms with Crippen molar-refractivity contribution in [1.82, 2.24) is 5.32 Å². The molecule has 1 rings (SSSR count). The molecule has 1 N–H and O–H groups in total. The van der Waals surface area contributed by atoms with Gasteiger partial charge in [0.2, 0.25) is 0 Å². The van der Waals surface area contributed by atoms with Gasteiger partial charge in [-0.25, -0.2) is 8.42 Å². The van der Waals surface area contributed by atoms with E-state index in [1.54, 1.807) is 0 Å². The van der Waals surface area contributed by atoms with Crippen LogP contribution in [0.4, 0.5) is 0 Å². The highest BCUT2D eigenvalue weighted by atomic mass is 32.2. The average molecular weight is 177 g/mol. The zero-order valence-electron chi connectivity index (χ0n) is 6.84. The number of sulfone groups is 1. The third kappa shape index (κ3) is 2.79. The van der Waals surface area contributed by atoms with Gasteiger partial charge in [-0.2, -0.15) is 0 Å². The predicted octanol–water partition coefficient (Wildman–Crippen LogP) is 0.173. The highest BCUT2D eigenvalue weighted by molar-refractivity contribution is 7.91. The van der Waals surface area contributed by atoms with E-state index in [2.05, 4.69) is 12.2 Å². The van der Waals surface area contributed by atoms with Crippen LogP contribution in [-0.2, 0) is 9.84 Å². The molecule has 1 aliphatic rings. The molecule has 0 bridgehead atoms. The van der Waals surface area contributed by atoms with Crippen LogP contribution in [0, 0.1) is 0 Å². The zero-order chi connectivity index (χ0) is 8.32. The maximum Gasteiger partial charge on any atom is 0.151 e. The molecule has 11 heavy (non-hydrogen) atoms. The molecule has 0 amide bonds. The van der Waals surface area contributed by atoms with Crippen molar-refractivity contribution in [1.29, 1.82) is 0 Å². The summed E-state index contributed by atoms with van der Waals surface area (Å²) in [6, 6.07) is 0.222. The van der Waals surface area contributed by atoms with E-state index in [1.165, 1.54) is 0 Å². The summed E-state index contributed by atoms with van der Waals surface area (Å²) < 4.78 is 21.9. The van der Waals surface area contributed by atoms with Gasteiger partial charge in [0.15, 0.2) is 9.84 Å². The van der Waals surface area contributed by atoms with Crippen LogP contribution < -0.4 is 5.32 Å². The van der Waals surface area contributed by atoms with Gasteiger partial charge in [0.05, 0.1) is 11.5 Å². The summed E-state index contributed by atoms with van der Waals surface area (Å²) in [7, 11) is -2.69. The Morgan fingerprint density at radius 2 is 2.27 bits per heavy atom. The molecule has 0 aromatic carbocycles. The first-order chi connectivity index (χ1) is 5.14. The Kier molecular flexibility index (Phi) is 2.90. The van der Waals surface area contributed by atoms with Gasteiger partial charge in [0.25, 0.3) is 0 Å². The van der Waals surface area contributed by atoms with Gasteiger partial charge in [-0.1, -0.05) is 6.92 Å². The topological polar surface area (TPSA) is 46.2 Å². The van der Waals surface area contributed by atoms with Gasteiger partial charge in [-0.3, -0.25) is 0 Å². The van der Waals surface area contributed by atoms with Crippen molar-refractivity contribution in [3.63, 3.8) is 0 Å². The highest BCUT2D eigenvalue weighted by Crippen LogP contribution is 2.10. The van der Waals surface area contributed by atoms with Crippen LogP contribution in [0.3, 0.4) is 0 Å². The maximum absolute atomic E-state index is 11.0. The Morgan fingerprint density at radius 1 is 1.55 bits per heavy atom. The van der Waals surface area contributed by atoms with E-state index in [1.807, 2.05) is 0 Å². The molecule has 3 nitrogen and oxygen atoms in total. The quantitative estimate of drug-likeness (QED) is 0.668. The summed E-state index contributed by atoms with van der Waals surface area (Å²) in [4.78, 5) is 0. The lowest BCUT2D eigenvalue weighted by Crippen LogP contribution is -2.30. The maximum atomic E-state index is 11.0. The van der Waals surface area contributed by atoms with Gasteiger partial charge in [0.1, 0.15) is 0 Å². The van der Waals surface area contributed by atoms with Crippen molar-refractivity contribution in [3.05, 3.63) is 0 Å². The molecule has 0 aromatic rings. The van der Waals surface area contributed by atoms with Gasteiger partial charge < -0.3 is 5.32 Å². The Bertz CT molecular complexity index is 210. The lowest BCUT2D eigenvalue weighted by Gasteiger charge is -2.07. The van der Waals surface area contributed by atoms with Crippen molar-refractivity contribution >= 4 is 9.84 Å². The molecule has 0 saturated carbocycles. The second-order valence-electron chi connectivity index (χ2n) is 3.05. The Hall–Kier alpha value is -0.0900. The summed E-state index contributed by atoms with van der Waals surface area (Å²) in [5.74, 6) is 0.710. The van der Waals surface area contributed by atoms with Crippen LogP contribution in [0.15, 0.2) is 0 Å². The van der Waals surface area contributed by atoms with Gasteiger partial charge in [-0.05, 0) is 19.4 Å². The third-order valence-corrected chi connectivity index (χ3v) is 3.68. The molecular weight excluding hydrogens is 162 g/mol. The van der Waals surface area contributed by atoms with Crippen molar-refractivity contribution in [2.75, 3.05) is 18.1 Å². The van der Waals surface area contributed by atoms with E-state index in [-0.39, 0.29) is 6.04 Å². The van der Waals surface area contributed by atoms with Crippen molar-refractivity contribution < 1.29 is 8.42 Å². The summed E-state index contributed by atoms with van der Waals surface area (Å²) in [5, 5.41) is 3.21. The van der Waals surface area contributed by atoms with Crippen molar-refractivity contribution in [3.8, 4) is 0 Å². The van der Waals surface area contributed by atoms with Crippen molar-refractivity contribution in [2.24, 2.45) is 0 Å². The summed E-state index contributed by atoms with van der Waals surface area (Å²) >= 11 is 0. The van der Waals surface area contributed by atoms with E-state index in [9.17, 15) is 8.42 Å². The third-order valence-electron chi connectivity index (χ3n) is 1.92. The summed E-state index contributed by atoms with van der Waals surface area (Å²) in [6.07, 6.45) is 1.86. The van der Waals surface area contributed by atoms with E-state index in [0.29, 0.717) is 11.5 Å². The second-order valence-corrected chi connectivity index (χ2v) is 5.28. The molecule has 0 radical (unpaired) electrons. The minimum absolute atomic E-state index is 0.222. The Balaban J connectivity index is 2.31. The number of hydrogen-bond acceptors (Lipinski definition) is 3. The molecule has 0 spiro atoms. The average Bonchev–Trinajstić information content (AvgIpc) is 2.26. The highest BCUT2D eigenvalue weighted by Gasteiger charge is 2.26. The fourth-order valence-corrected chi connectivity index (χ4v) is 3.01. The largest absolute Gasteiger partial charge is 0.313 e. The van der Waals surface area contributed by atoms with Gasteiger partial charge in [-0.15, -0.1) is 0 Å². The van der Waals surface area contributed by atoms with Crippen LogP contribution in [0.2, 0.25) is 0 Å². The summed E-state index contributed by atoms with van der Waals surface area (Å²) in [6.45, 7) is 3.01. The molecule has 0 unspecified atom stereocenters. The van der Waals surface area contributed by atoms with Crippen LogP contribution in [-0.4, -0.2) is 32.5 Å². The second kappa shape index (κ2) is 3.54. The Morgan fingerprint density at radius 3 is 2.73 bits per heavy atom. The number of rotatable bonds is 3. The van der Waals surface area contributed by atoms with Crippen molar-refractivity contribution in [2.45, 2.75) is 25.8 Å². The fourth-order valence-electron chi connectivity index (χ4n) is 1.30. The molecule has 0 aliphatic carbocycles. The lowest BCUT2D eigenvalue weighted by atomic mass is 10.2. The van der Waals surface area contributed by atoms with E-state index < -0.39 is 9.84 Å². The number of nitrogens with one attached hydrogen (secondary N) is 1. The molecule has 4 heteroatoms. The van der Waals surface area contributed by atoms with Crippen LogP contribution in [0.1, 0.15) is 19.8 Å². The Labute approximate surface area is 68.1 Å². The van der Waals surface area contributed by atoms with E-state index >= 15 is 0 Å². The minimum Gasteiger partial charge on any atom is -0.313 e. The fraction of sp³-hybridized carbons (Fsp3) is 1.00. The first kappa shape index (κ1) is 9.00. The van der Waals surface area contributed by atoms with Crippen LogP contribution in [0.25, 0.3) is 0 Å².